The summed E-state index contributed by atoms with van der Waals surface area (Å²) >= 11 is 0. The average molecular weight is 336 g/mol. The quantitative estimate of drug-likeness (QED) is 0.805. The van der Waals surface area contributed by atoms with Crippen LogP contribution in [0.5, 0.6) is 11.5 Å². The molecule has 124 valence electrons. The summed E-state index contributed by atoms with van der Waals surface area (Å²) in [5.41, 5.74) is 7.97. The smallest absolute Gasteiger partial charge is 0.307 e. The highest BCUT2D eigenvalue weighted by Crippen LogP contribution is 2.27. The van der Waals surface area contributed by atoms with Crippen LogP contribution in [0.2, 0.25) is 0 Å². The van der Waals surface area contributed by atoms with Gasteiger partial charge in [0.1, 0.15) is 11.5 Å². The summed E-state index contributed by atoms with van der Waals surface area (Å²) in [6, 6.07) is 14.9. The molecule has 4 nitrogen and oxygen atoms in total. The first kappa shape index (κ1) is 19.0. The maximum atomic E-state index is 11.5. The molecule has 2 aromatic carbocycles. The van der Waals surface area contributed by atoms with Crippen molar-refractivity contribution in [2.75, 3.05) is 6.61 Å². The molecule has 0 saturated carbocycles. The van der Waals surface area contributed by atoms with Crippen molar-refractivity contribution in [3.63, 3.8) is 0 Å². The number of nitrogens with two attached hydrogens (primary N) is 1. The Morgan fingerprint density at radius 3 is 2.61 bits per heavy atom. The first-order chi connectivity index (χ1) is 10.6. The minimum Gasteiger partial charge on any atom is -0.466 e. The fourth-order valence-electron chi connectivity index (χ4n) is 2.12. The molecule has 5 heteroatoms. The monoisotopic (exact) mass is 335 g/mol. The second-order valence-corrected chi connectivity index (χ2v) is 5.06. The number of ether oxygens (including phenoxy) is 2. The molecule has 0 heterocycles. The summed E-state index contributed by atoms with van der Waals surface area (Å²) < 4.78 is 10.8. The molecule has 0 aromatic heterocycles. The van der Waals surface area contributed by atoms with Crippen molar-refractivity contribution in [3.8, 4) is 11.5 Å². The Kier molecular flexibility index (Phi) is 7.59. The highest BCUT2D eigenvalue weighted by atomic mass is 35.5. The summed E-state index contributed by atoms with van der Waals surface area (Å²) in [5.74, 6) is 1.21. The van der Waals surface area contributed by atoms with Crippen molar-refractivity contribution in [1.29, 1.82) is 0 Å². The standard InChI is InChI=1S/C18H21NO3.ClH/c1-3-21-18(20)12-16(19)14-8-6-9-15(11-14)22-17-10-5-4-7-13(17)2;/h4-11,16H,3,12,19H2,1-2H3;1H/t16-;/m0./s1. The van der Waals surface area contributed by atoms with Gasteiger partial charge in [-0.1, -0.05) is 30.3 Å². The molecule has 0 fully saturated rings. The second kappa shape index (κ2) is 9.18. The molecule has 2 rings (SSSR count). The van der Waals surface area contributed by atoms with Crippen molar-refractivity contribution in [2.45, 2.75) is 26.3 Å². The molecule has 0 saturated heterocycles. The normalized spacial score (nSPS) is 11.3. The first-order valence-corrected chi connectivity index (χ1v) is 7.34. The summed E-state index contributed by atoms with van der Waals surface area (Å²) in [7, 11) is 0. The highest BCUT2D eigenvalue weighted by Gasteiger charge is 2.13. The number of aryl methyl sites for hydroxylation is 1. The predicted molar refractivity (Wildman–Crippen MR) is 93.1 cm³/mol. The van der Waals surface area contributed by atoms with Crippen LogP contribution < -0.4 is 10.5 Å². The van der Waals surface area contributed by atoms with Crippen molar-refractivity contribution in [2.24, 2.45) is 5.73 Å². The molecular weight excluding hydrogens is 314 g/mol. The van der Waals surface area contributed by atoms with Crippen molar-refractivity contribution in [3.05, 3.63) is 59.7 Å². The number of carbonyl (C=O) groups is 1. The highest BCUT2D eigenvalue weighted by molar-refractivity contribution is 5.85. The summed E-state index contributed by atoms with van der Waals surface area (Å²) in [6.07, 6.45) is 0.154. The van der Waals surface area contributed by atoms with E-state index >= 15 is 0 Å². The minimum absolute atomic E-state index is 0. The number of hydrogen-bond acceptors (Lipinski definition) is 4. The van der Waals surface area contributed by atoms with Crippen LogP contribution >= 0.6 is 12.4 Å². The van der Waals surface area contributed by atoms with E-state index in [-0.39, 0.29) is 24.8 Å². The first-order valence-electron chi connectivity index (χ1n) is 7.34. The van der Waals surface area contributed by atoms with Crippen LogP contribution in [-0.4, -0.2) is 12.6 Å². The number of hydrogen-bond donors (Lipinski definition) is 1. The van der Waals surface area contributed by atoms with Crippen LogP contribution in [0.25, 0.3) is 0 Å². The molecule has 1 atom stereocenters. The Morgan fingerprint density at radius 1 is 1.17 bits per heavy atom. The van der Waals surface area contributed by atoms with Crippen molar-refractivity contribution >= 4 is 18.4 Å². The maximum Gasteiger partial charge on any atom is 0.307 e. The van der Waals surface area contributed by atoms with Crippen LogP contribution in [0.1, 0.15) is 30.5 Å². The van der Waals surface area contributed by atoms with E-state index in [2.05, 4.69) is 0 Å². The Morgan fingerprint density at radius 2 is 1.91 bits per heavy atom. The zero-order chi connectivity index (χ0) is 15.9. The van der Waals surface area contributed by atoms with Crippen LogP contribution in [-0.2, 0) is 9.53 Å². The SMILES string of the molecule is CCOC(=O)C[C@H](N)c1cccc(Oc2ccccc2C)c1.Cl. The van der Waals surface area contributed by atoms with Crippen molar-refractivity contribution in [1.82, 2.24) is 0 Å². The van der Waals surface area contributed by atoms with Crippen LogP contribution in [0, 0.1) is 6.92 Å². The Hall–Kier alpha value is -2.04. The van der Waals surface area contributed by atoms with E-state index < -0.39 is 6.04 Å². The maximum absolute atomic E-state index is 11.5. The van der Waals surface area contributed by atoms with E-state index in [0.717, 1.165) is 16.9 Å². The molecule has 0 aliphatic carbocycles. The van der Waals surface area contributed by atoms with E-state index in [1.807, 2.05) is 55.5 Å². The minimum atomic E-state index is -0.403. The fourth-order valence-corrected chi connectivity index (χ4v) is 2.12. The summed E-state index contributed by atoms with van der Waals surface area (Å²) in [5, 5.41) is 0. The van der Waals surface area contributed by atoms with Crippen molar-refractivity contribution < 1.29 is 14.3 Å². The predicted octanol–water partition coefficient (Wildman–Crippen LogP) is 4.16. The number of halogens is 1. The largest absolute Gasteiger partial charge is 0.466 e. The molecule has 0 aliphatic heterocycles. The van der Waals surface area contributed by atoms with Gasteiger partial charge in [0.25, 0.3) is 0 Å². The molecule has 2 aromatic rings. The number of benzene rings is 2. The van der Waals surface area contributed by atoms with Gasteiger partial charge in [-0.3, -0.25) is 4.79 Å². The van der Waals surface area contributed by atoms with Gasteiger partial charge in [-0.05, 0) is 43.2 Å². The Labute approximate surface area is 143 Å². The number of para-hydroxylation sites is 1. The molecule has 23 heavy (non-hydrogen) atoms. The van der Waals surface area contributed by atoms with Gasteiger partial charge in [0, 0.05) is 6.04 Å². The van der Waals surface area contributed by atoms with E-state index in [9.17, 15) is 4.79 Å². The molecule has 0 aliphatic rings. The molecule has 2 N–H and O–H groups in total. The van der Waals surface area contributed by atoms with Gasteiger partial charge in [-0.2, -0.15) is 0 Å². The molecule has 0 amide bonds. The fraction of sp³-hybridized carbons (Fsp3) is 0.278. The lowest BCUT2D eigenvalue weighted by atomic mass is 10.0. The third kappa shape index (κ3) is 5.58. The van der Waals surface area contributed by atoms with E-state index in [0.29, 0.717) is 12.4 Å². The van der Waals surface area contributed by atoms with Gasteiger partial charge >= 0.3 is 5.97 Å². The molecular formula is C18H22ClNO3. The third-order valence-electron chi connectivity index (χ3n) is 3.30. The van der Waals surface area contributed by atoms with Gasteiger partial charge in [-0.15, -0.1) is 12.4 Å². The van der Waals surface area contributed by atoms with Gasteiger partial charge in [0.2, 0.25) is 0 Å². The molecule has 0 bridgehead atoms. The number of carbonyl (C=O) groups excluding carboxylic acids is 1. The van der Waals surface area contributed by atoms with Gasteiger partial charge in [0.15, 0.2) is 0 Å². The second-order valence-electron chi connectivity index (χ2n) is 5.06. The summed E-state index contributed by atoms with van der Waals surface area (Å²) in [6.45, 7) is 4.13. The molecule has 0 unspecified atom stereocenters. The topological polar surface area (TPSA) is 61.5 Å². The number of esters is 1. The lowest BCUT2D eigenvalue weighted by Gasteiger charge is -2.14. The Bertz CT molecular complexity index is 646. The lowest BCUT2D eigenvalue weighted by molar-refractivity contribution is -0.143. The average Bonchev–Trinajstić information content (AvgIpc) is 2.50. The zero-order valence-electron chi connectivity index (χ0n) is 13.3. The van der Waals surface area contributed by atoms with E-state index in [4.69, 9.17) is 15.2 Å². The lowest BCUT2D eigenvalue weighted by Crippen LogP contribution is -2.17. The molecule has 0 radical (unpaired) electrons. The molecule has 0 spiro atoms. The van der Waals surface area contributed by atoms with E-state index in [1.165, 1.54) is 0 Å². The van der Waals surface area contributed by atoms with Gasteiger partial charge < -0.3 is 15.2 Å². The van der Waals surface area contributed by atoms with Crippen LogP contribution in [0.4, 0.5) is 0 Å². The Balaban J connectivity index is 0.00000264. The van der Waals surface area contributed by atoms with Crippen LogP contribution in [0.15, 0.2) is 48.5 Å². The van der Waals surface area contributed by atoms with Gasteiger partial charge in [0.05, 0.1) is 13.0 Å². The van der Waals surface area contributed by atoms with E-state index in [1.54, 1.807) is 6.92 Å². The van der Waals surface area contributed by atoms with Gasteiger partial charge in [-0.25, -0.2) is 0 Å². The van der Waals surface area contributed by atoms with Crippen LogP contribution in [0.3, 0.4) is 0 Å². The third-order valence-corrected chi connectivity index (χ3v) is 3.30. The number of rotatable bonds is 6. The zero-order valence-corrected chi connectivity index (χ0v) is 14.1. The summed E-state index contributed by atoms with van der Waals surface area (Å²) in [4.78, 5) is 11.5.